The molecule has 0 radical (unpaired) electrons. The maximum absolute atomic E-state index is 4.93. The normalized spacial score (nSPS) is 11.7. The topological polar surface area (TPSA) is 22.8 Å². The Kier molecular flexibility index (Phi) is 5.37. The van der Waals surface area contributed by atoms with E-state index in [0.717, 1.165) is 21.3 Å². The van der Waals surface area contributed by atoms with E-state index in [2.05, 4.69) is 155 Å². The summed E-state index contributed by atoms with van der Waals surface area (Å²) in [6, 6.07) is 52.0. The first-order valence-electron chi connectivity index (χ1n) is 14.5. The van der Waals surface area contributed by atoms with Crippen molar-refractivity contribution in [2.45, 2.75) is 0 Å². The number of aromatic nitrogens is 3. The molecule has 0 fully saturated rings. The molecule has 0 aliphatic rings. The molecule has 0 atom stereocenters. The molecule has 0 aliphatic heterocycles. The molecule has 3 aromatic heterocycles. The fraction of sp³-hybridized carbons (Fsp3) is 0. The van der Waals surface area contributed by atoms with Crippen molar-refractivity contribution < 1.29 is 0 Å². The molecule has 3 nitrogen and oxygen atoms in total. The van der Waals surface area contributed by atoms with Gasteiger partial charge in [0.05, 0.1) is 28.3 Å². The SMILES string of the molecule is c1ccc(-c2ncc(-n3c4ccccc4c4c(-c5ccccc5)cc5c6ccccc6n(-c6ccccc6)c5c43)s2)cc1. The highest BCUT2D eigenvalue weighted by Crippen LogP contribution is 2.46. The van der Waals surface area contributed by atoms with Crippen LogP contribution in [-0.2, 0) is 0 Å². The van der Waals surface area contributed by atoms with Gasteiger partial charge in [0.1, 0.15) is 10.0 Å². The van der Waals surface area contributed by atoms with Crippen LogP contribution < -0.4 is 0 Å². The lowest BCUT2D eigenvalue weighted by Crippen LogP contribution is -1.98. The molecule has 0 N–H and O–H groups in total. The Morgan fingerprint density at radius 1 is 0.488 bits per heavy atom. The summed E-state index contributed by atoms with van der Waals surface area (Å²) in [6.07, 6.45) is 2.04. The minimum atomic E-state index is 1.01. The molecule has 0 bridgehead atoms. The van der Waals surface area contributed by atoms with E-state index in [1.807, 2.05) is 6.20 Å². The molecule has 202 valence electrons. The van der Waals surface area contributed by atoms with E-state index >= 15 is 0 Å². The molecule has 6 aromatic carbocycles. The van der Waals surface area contributed by atoms with Crippen LogP contribution in [0.3, 0.4) is 0 Å². The van der Waals surface area contributed by atoms with Crippen LogP contribution in [0.4, 0.5) is 0 Å². The third-order valence-electron chi connectivity index (χ3n) is 8.40. The van der Waals surface area contributed by atoms with Crippen molar-refractivity contribution in [3.05, 3.63) is 152 Å². The summed E-state index contributed by atoms with van der Waals surface area (Å²) in [5, 5.41) is 7.08. The van der Waals surface area contributed by atoms with Gasteiger partial charge < -0.3 is 4.57 Å². The lowest BCUT2D eigenvalue weighted by atomic mass is 9.96. The molecular weight excluding hydrogens is 543 g/mol. The van der Waals surface area contributed by atoms with E-state index in [1.165, 1.54) is 54.7 Å². The summed E-state index contributed by atoms with van der Waals surface area (Å²) < 4.78 is 4.89. The number of fused-ring (bicyclic) bond motifs is 7. The first-order chi connectivity index (χ1) is 21.4. The van der Waals surface area contributed by atoms with E-state index in [0.29, 0.717) is 0 Å². The predicted molar refractivity (Wildman–Crippen MR) is 182 cm³/mol. The summed E-state index contributed by atoms with van der Waals surface area (Å²) in [5.41, 5.74) is 9.50. The van der Waals surface area contributed by atoms with Gasteiger partial charge in [-0.05, 0) is 41.5 Å². The van der Waals surface area contributed by atoms with Gasteiger partial charge in [0.2, 0.25) is 0 Å². The molecule has 9 rings (SSSR count). The predicted octanol–water partition coefficient (Wildman–Crippen LogP) is 10.7. The van der Waals surface area contributed by atoms with Gasteiger partial charge in [0.15, 0.2) is 0 Å². The second kappa shape index (κ2) is 9.55. The second-order valence-electron chi connectivity index (χ2n) is 10.8. The van der Waals surface area contributed by atoms with Crippen molar-refractivity contribution in [1.29, 1.82) is 0 Å². The van der Waals surface area contributed by atoms with Crippen molar-refractivity contribution in [1.82, 2.24) is 14.1 Å². The first kappa shape index (κ1) is 24.2. The zero-order chi connectivity index (χ0) is 28.3. The van der Waals surface area contributed by atoms with Gasteiger partial charge in [-0.2, -0.15) is 0 Å². The number of para-hydroxylation sites is 3. The van der Waals surface area contributed by atoms with Crippen LogP contribution in [0, 0.1) is 0 Å². The molecule has 3 heterocycles. The zero-order valence-corrected chi connectivity index (χ0v) is 24.0. The lowest BCUT2D eigenvalue weighted by Gasteiger charge is -2.13. The quantitative estimate of drug-likeness (QED) is 0.207. The molecular formula is C39H25N3S. The number of thiazole rings is 1. The molecule has 0 saturated carbocycles. The van der Waals surface area contributed by atoms with E-state index in [4.69, 9.17) is 4.98 Å². The Hall–Kier alpha value is -5.45. The fourth-order valence-corrected chi connectivity index (χ4v) is 7.54. The van der Waals surface area contributed by atoms with Crippen LogP contribution >= 0.6 is 11.3 Å². The molecule has 0 amide bonds. The van der Waals surface area contributed by atoms with Crippen LogP contribution in [-0.4, -0.2) is 14.1 Å². The number of hydrogen-bond donors (Lipinski definition) is 0. The van der Waals surface area contributed by atoms with Gasteiger partial charge in [-0.1, -0.05) is 127 Å². The molecule has 0 spiro atoms. The van der Waals surface area contributed by atoms with Crippen molar-refractivity contribution in [2.75, 3.05) is 0 Å². The van der Waals surface area contributed by atoms with Gasteiger partial charge in [-0.15, -0.1) is 0 Å². The average molecular weight is 568 g/mol. The monoisotopic (exact) mass is 567 g/mol. The van der Waals surface area contributed by atoms with Crippen molar-refractivity contribution in [3.63, 3.8) is 0 Å². The van der Waals surface area contributed by atoms with Crippen LogP contribution in [0.15, 0.2) is 152 Å². The smallest absolute Gasteiger partial charge is 0.125 e. The molecule has 43 heavy (non-hydrogen) atoms. The van der Waals surface area contributed by atoms with Crippen LogP contribution in [0.25, 0.3) is 76.0 Å². The Balaban J connectivity index is 1.53. The van der Waals surface area contributed by atoms with E-state index in [1.54, 1.807) is 11.3 Å². The fourth-order valence-electron chi connectivity index (χ4n) is 6.60. The molecule has 0 unspecified atom stereocenters. The molecule has 0 saturated heterocycles. The Morgan fingerprint density at radius 2 is 1.07 bits per heavy atom. The largest absolute Gasteiger partial charge is 0.307 e. The minimum absolute atomic E-state index is 1.01. The summed E-state index contributed by atoms with van der Waals surface area (Å²) in [4.78, 5) is 4.93. The van der Waals surface area contributed by atoms with Crippen LogP contribution in [0.1, 0.15) is 0 Å². The van der Waals surface area contributed by atoms with Gasteiger partial charge in [-0.3, -0.25) is 4.57 Å². The maximum atomic E-state index is 4.93. The Labute approximate surface area is 252 Å². The van der Waals surface area contributed by atoms with Crippen LogP contribution in [0.5, 0.6) is 0 Å². The number of nitrogens with zero attached hydrogens (tertiary/aromatic N) is 3. The van der Waals surface area contributed by atoms with Gasteiger partial charge in [0, 0.05) is 32.8 Å². The number of benzene rings is 6. The van der Waals surface area contributed by atoms with Gasteiger partial charge in [0.25, 0.3) is 0 Å². The van der Waals surface area contributed by atoms with E-state index < -0.39 is 0 Å². The summed E-state index contributed by atoms with van der Waals surface area (Å²) in [6.45, 7) is 0. The van der Waals surface area contributed by atoms with Crippen molar-refractivity contribution >= 4 is 54.9 Å². The summed E-state index contributed by atoms with van der Waals surface area (Å²) in [5.74, 6) is 0. The first-order valence-corrected chi connectivity index (χ1v) is 15.3. The molecule has 9 aromatic rings. The summed E-state index contributed by atoms with van der Waals surface area (Å²) >= 11 is 1.73. The van der Waals surface area contributed by atoms with Crippen LogP contribution in [0.2, 0.25) is 0 Å². The minimum Gasteiger partial charge on any atom is -0.307 e. The van der Waals surface area contributed by atoms with Crippen molar-refractivity contribution in [2.24, 2.45) is 0 Å². The third kappa shape index (κ3) is 3.64. The average Bonchev–Trinajstić information content (AvgIpc) is 3.78. The van der Waals surface area contributed by atoms with E-state index in [-0.39, 0.29) is 0 Å². The van der Waals surface area contributed by atoms with Gasteiger partial charge in [-0.25, -0.2) is 4.98 Å². The third-order valence-corrected chi connectivity index (χ3v) is 9.44. The highest BCUT2D eigenvalue weighted by Gasteiger charge is 2.25. The highest BCUT2D eigenvalue weighted by molar-refractivity contribution is 7.17. The standard InChI is InChI=1S/C39H25N3S/c1-4-14-26(15-5-1)31-24-32-29-20-10-12-22-33(29)41(28-18-8-3-9-19-28)37(32)38-36(31)30-21-11-13-23-34(30)42(38)35-25-40-39(43-35)27-16-6-2-7-17-27/h1-25H. The van der Waals surface area contributed by atoms with E-state index in [9.17, 15) is 0 Å². The molecule has 4 heteroatoms. The maximum Gasteiger partial charge on any atom is 0.125 e. The summed E-state index contributed by atoms with van der Waals surface area (Å²) in [7, 11) is 0. The van der Waals surface area contributed by atoms with Gasteiger partial charge >= 0.3 is 0 Å². The van der Waals surface area contributed by atoms with Crippen molar-refractivity contribution in [3.8, 4) is 32.4 Å². The Bertz CT molecular complexity index is 2430. The second-order valence-corrected chi connectivity index (χ2v) is 11.8. The molecule has 0 aliphatic carbocycles. The Morgan fingerprint density at radius 3 is 1.79 bits per heavy atom. The zero-order valence-electron chi connectivity index (χ0n) is 23.2. The number of rotatable bonds is 4. The lowest BCUT2D eigenvalue weighted by molar-refractivity contribution is 1.16. The number of hydrogen-bond acceptors (Lipinski definition) is 2. The highest BCUT2D eigenvalue weighted by atomic mass is 32.1.